The Morgan fingerprint density at radius 2 is 1.74 bits per heavy atom. The molecule has 1 amide bonds. The van der Waals surface area contributed by atoms with E-state index in [4.69, 9.17) is 9.97 Å². The number of nitrogens with zero attached hydrogens (tertiary/aromatic N) is 5. The van der Waals surface area contributed by atoms with E-state index in [1.807, 2.05) is 0 Å². The molecule has 2 saturated heterocycles. The summed E-state index contributed by atoms with van der Waals surface area (Å²) in [6, 6.07) is 4.67. The fourth-order valence-corrected chi connectivity index (χ4v) is 5.11. The van der Waals surface area contributed by atoms with Gasteiger partial charge >= 0.3 is 6.18 Å². The van der Waals surface area contributed by atoms with E-state index < -0.39 is 17.6 Å². The number of amides is 1. The molecule has 4 heterocycles. The monoisotopic (exact) mass is 473 g/mol. The van der Waals surface area contributed by atoms with Gasteiger partial charge in [0.15, 0.2) is 0 Å². The summed E-state index contributed by atoms with van der Waals surface area (Å²) in [5.41, 5.74) is 1.14. The molecule has 9 heteroatoms. The minimum atomic E-state index is -4.48. The molecule has 0 saturated carbocycles. The first kappa shape index (κ1) is 22.9. The lowest BCUT2D eigenvalue weighted by molar-refractivity contribution is -0.137. The smallest absolute Gasteiger partial charge is 0.356 e. The van der Waals surface area contributed by atoms with E-state index in [1.54, 1.807) is 4.90 Å². The molecule has 3 aliphatic rings. The standard InChI is InChI=1S/C25H30F3N5O/c1-17-7-12-32(13-8-17)24-29-21-9-14-33(16-20(21)22(30-24)31-10-2-3-11-31)23(34)18-5-4-6-19(15-18)25(26,27)28/h4-6,15,17H,2-3,7-14,16H2,1H3. The lowest BCUT2D eigenvalue weighted by Crippen LogP contribution is -2.39. The molecule has 1 aromatic heterocycles. The largest absolute Gasteiger partial charge is 0.416 e. The fraction of sp³-hybridized carbons (Fsp3) is 0.560. The molecule has 0 spiro atoms. The molecule has 6 nitrogen and oxygen atoms in total. The van der Waals surface area contributed by atoms with Crippen molar-refractivity contribution in [3.05, 3.63) is 46.6 Å². The number of carbonyl (C=O) groups excluding carboxylic acids is 1. The molecule has 0 atom stereocenters. The Morgan fingerprint density at radius 3 is 2.44 bits per heavy atom. The molecule has 0 aliphatic carbocycles. The SMILES string of the molecule is CC1CCN(c2nc3c(c(N4CCCC4)n2)CN(C(=O)c2cccc(C(F)(F)F)c2)CC3)CC1. The summed E-state index contributed by atoms with van der Waals surface area (Å²) in [4.78, 5) is 29.2. The zero-order valence-electron chi connectivity index (χ0n) is 19.4. The second kappa shape index (κ2) is 9.07. The maximum absolute atomic E-state index is 13.2. The van der Waals surface area contributed by atoms with Crippen molar-refractivity contribution in [2.45, 2.75) is 51.7 Å². The number of rotatable bonds is 3. The van der Waals surface area contributed by atoms with Crippen LogP contribution >= 0.6 is 0 Å². The van der Waals surface area contributed by atoms with E-state index in [-0.39, 0.29) is 5.56 Å². The molecule has 0 bridgehead atoms. The van der Waals surface area contributed by atoms with Crippen molar-refractivity contribution in [2.75, 3.05) is 42.5 Å². The Kier molecular flexibility index (Phi) is 6.12. The first-order valence-corrected chi connectivity index (χ1v) is 12.2. The van der Waals surface area contributed by atoms with Gasteiger partial charge in [-0.1, -0.05) is 13.0 Å². The number of alkyl halides is 3. The highest BCUT2D eigenvalue weighted by molar-refractivity contribution is 5.94. The average Bonchev–Trinajstić information content (AvgIpc) is 3.37. The van der Waals surface area contributed by atoms with Crippen LogP contribution in [0.3, 0.4) is 0 Å². The van der Waals surface area contributed by atoms with E-state index >= 15 is 0 Å². The van der Waals surface area contributed by atoms with Gasteiger partial charge in [0.1, 0.15) is 5.82 Å². The lowest BCUT2D eigenvalue weighted by Gasteiger charge is -2.35. The third kappa shape index (κ3) is 4.57. The zero-order chi connectivity index (χ0) is 23.9. The minimum Gasteiger partial charge on any atom is -0.356 e. The van der Waals surface area contributed by atoms with Crippen LogP contribution in [0.1, 0.15) is 59.8 Å². The second-order valence-corrected chi connectivity index (χ2v) is 9.69. The lowest BCUT2D eigenvalue weighted by atomic mass is 9.99. The van der Waals surface area contributed by atoms with E-state index in [2.05, 4.69) is 16.7 Å². The Hall–Kier alpha value is -2.84. The van der Waals surface area contributed by atoms with Gasteiger partial charge in [-0.25, -0.2) is 4.98 Å². The van der Waals surface area contributed by atoms with Gasteiger partial charge in [-0.3, -0.25) is 4.79 Å². The molecule has 2 aromatic rings. The van der Waals surface area contributed by atoms with Crippen molar-refractivity contribution in [1.29, 1.82) is 0 Å². The number of hydrogen-bond acceptors (Lipinski definition) is 5. The number of fused-ring (bicyclic) bond motifs is 1. The first-order chi connectivity index (χ1) is 16.3. The molecular weight excluding hydrogens is 443 g/mol. The van der Waals surface area contributed by atoms with Gasteiger partial charge in [0.05, 0.1) is 17.8 Å². The van der Waals surface area contributed by atoms with Gasteiger partial charge in [0.2, 0.25) is 5.95 Å². The molecule has 3 aliphatic heterocycles. The van der Waals surface area contributed by atoms with E-state index in [9.17, 15) is 18.0 Å². The Bertz CT molecular complexity index is 1060. The van der Waals surface area contributed by atoms with E-state index in [0.717, 1.165) is 87.0 Å². The van der Waals surface area contributed by atoms with Crippen LogP contribution in [-0.2, 0) is 19.1 Å². The highest BCUT2D eigenvalue weighted by atomic mass is 19.4. The molecule has 0 radical (unpaired) electrons. The Balaban J connectivity index is 1.44. The summed E-state index contributed by atoms with van der Waals surface area (Å²) in [5, 5.41) is 0. The normalized spacial score (nSPS) is 19.5. The summed E-state index contributed by atoms with van der Waals surface area (Å²) in [6.45, 7) is 6.74. The minimum absolute atomic E-state index is 0.0565. The van der Waals surface area contributed by atoms with Crippen molar-refractivity contribution in [3.8, 4) is 0 Å². The third-order valence-electron chi connectivity index (χ3n) is 7.22. The highest BCUT2D eigenvalue weighted by Crippen LogP contribution is 2.33. The van der Waals surface area contributed by atoms with Gasteiger partial charge < -0.3 is 14.7 Å². The van der Waals surface area contributed by atoms with Crippen molar-refractivity contribution >= 4 is 17.7 Å². The van der Waals surface area contributed by atoms with Crippen LogP contribution in [0.5, 0.6) is 0 Å². The molecule has 2 fully saturated rings. The summed E-state index contributed by atoms with van der Waals surface area (Å²) in [6.07, 6.45) is 0.535. The number of hydrogen-bond donors (Lipinski definition) is 0. The van der Waals surface area contributed by atoms with Crippen LogP contribution in [0.2, 0.25) is 0 Å². The molecular formula is C25H30F3N5O. The molecule has 182 valence electrons. The average molecular weight is 474 g/mol. The van der Waals surface area contributed by atoms with Gasteiger partial charge in [-0.05, 0) is 49.8 Å². The summed E-state index contributed by atoms with van der Waals surface area (Å²) in [5.74, 6) is 1.98. The summed E-state index contributed by atoms with van der Waals surface area (Å²) >= 11 is 0. The highest BCUT2D eigenvalue weighted by Gasteiger charge is 2.33. The summed E-state index contributed by atoms with van der Waals surface area (Å²) in [7, 11) is 0. The fourth-order valence-electron chi connectivity index (χ4n) is 5.11. The number of aromatic nitrogens is 2. The molecule has 5 rings (SSSR count). The van der Waals surface area contributed by atoms with Gasteiger partial charge in [-0.2, -0.15) is 18.2 Å². The van der Waals surface area contributed by atoms with Crippen molar-refractivity contribution in [1.82, 2.24) is 14.9 Å². The second-order valence-electron chi connectivity index (χ2n) is 9.69. The van der Waals surface area contributed by atoms with Crippen LogP contribution in [-0.4, -0.2) is 53.5 Å². The Labute approximate surface area is 197 Å². The van der Waals surface area contributed by atoms with Crippen LogP contribution in [0.25, 0.3) is 0 Å². The predicted molar refractivity (Wildman–Crippen MR) is 124 cm³/mol. The maximum Gasteiger partial charge on any atom is 0.416 e. The predicted octanol–water partition coefficient (Wildman–Crippen LogP) is 4.53. The van der Waals surface area contributed by atoms with E-state index in [0.29, 0.717) is 25.4 Å². The Morgan fingerprint density at radius 1 is 1.00 bits per heavy atom. The van der Waals surface area contributed by atoms with Crippen LogP contribution in [0.4, 0.5) is 24.9 Å². The molecule has 34 heavy (non-hydrogen) atoms. The van der Waals surface area contributed by atoms with Crippen LogP contribution in [0, 0.1) is 5.92 Å². The molecule has 0 N–H and O–H groups in total. The topological polar surface area (TPSA) is 52.6 Å². The van der Waals surface area contributed by atoms with Crippen molar-refractivity contribution < 1.29 is 18.0 Å². The number of piperidine rings is 1. The number of carbonyl (C=O) groups is 1. The maximum atomic E-state index is 13.2. The van der Waals surface area contributed by atoms with Crippen molar-refractivity contribution in [2.24, 2.45) is 5.92 Å². The summed E-state index contributed by atoms with van der Waals surface area (Å²) < 4.78 is 39.5. The third-order valence-corrected chi connectivity index (χ3v) is 7.22. The van der Waals surface area contributed by atoms with Crippen molar-refractivity contribution in [3.63, 3.8) is 0 Å². The number of benzene rings is 1. The first-order valence-electron chi connectivity index (χ1n) is 12.2. The van der Waals surface area contributed by atoms with Gasteiger partial charge in [-0.15, -0.1) is 0 Å². The van der Waals surface area contributed by atoms with Crippen LogP contribution < -0.4 is 9.80 Å². The molecule has 1 aromatic carbocycles. The molecule has 0 unspecified atom stereocenters. The van der Waals surface area contributed by atoms with Gasteiger partial charge in [0.25, 0.3) is 5.91 Å². The quantitative estimate of drug-likeness (QED) is 0.656. The zero-order valence-corrected chi connectivity index (χ0v) is 19.4. The van der Waals surface area contributed by atoms with Gasteiger partial charge in [0, 0.05) is 50.3 Å². The van der Waals surface area contributed by atoms with Crippen LogP contribution in [0.15, 0.2) is 24.3 Å². The number of halogens is 3. The van der Waals surface area contributed by atoms with E-state index in [1.165, 1.54) is 12.1 Å². The number of anilines is 2.